The number of carbonyl (C=O) groups is 1. The number of carboxylic acid groups (broad SMARTS) is 1. The van der Waals surface area contributed by atoms with Crippen LogP contribution in [0.4, 0.5) is 0 Å². The highest BCUT2D eigenvalue weighted by atomic mass is 32.2. The first-order valence-electron chi connectivity index (χ1n) is 4.68. The van der Waals surface area contributed by atoms with E-state index in [0.29, 0.717) is 19.4 Å². The van der Waals surface area contributed by atoms with Crippen LogP contribution < -0.4 is 0 Å². The zero-order chi connectivity index (χ0) is 10.8. The predicted molar refractivity (Wildman–Crippen MR) is 51.4 cm³/mol. The molecule has 1 heterocycles. The van der Waals surface area contributed by atoms with Crippen molar-refractivity contribution in [2.45, 2.75) is 19.8 Å². The summed E-state index contributed by atoms with van der Waals surface area (Å²) in [7, 11) is -3.22. The molecule has 1 rings (SSSR count). The normalized spacial score (nSPS) is 24.8. The van der Waals surface area contributed by atoms with Gasteiger partial charge in [0.1, 0.15) is 0 Å². The molecule has 5 nitrogen and oxygen atoms in total. The van der Waals surface area contributed by atoms with Crippen LogP contribution in [0.1, 0.15) is 19.8 Å². The molecule has 1 atom stereocenters. The summed E-state index contributed by atoms with van der Waals surface area (Å²) in [5.41, 5.74) is 0. The van der Waals surface area contributed by atoms with Gasteiger partial charge in [0, 0.05) is 13.1 Å². The Kier molecular flexibility index (Phi) is 3.49. The number of aliphatic carboxylic acids is 1. The van der Waals surface area contributed by atoms with Crippen molar-refractivity contribution in [3.8, 4) is 0 Å². The summed E-state index contributed by atoms with van der Waals surface area (Å²) in [4.78, 5) is 10.7. The van der Waals surface area contributed by atoms with Crippen LogP contribution in [-0.4, -0.2) is 42.6 Å². The average molecular weight is 221 g/mol. The SMILES string of the molecule is CCS(=O)(=O)N1CCC[C@H](C(=O)O)C1. The first kappa shape index (κ1) is 11.5. The largest absolute Gasteiger partial charge is 0.481 e. The average Bonchev–Trinajstić information content (AvgIpc) is 2.18. The van der Waals surface area contributed by atoms with Crippen LogP contribution in [0.5, 0.6) is 0 Å². The molecule has 14 heavy (non-hydrogen) atoms. The summed E-state index contributed by atoms with van der Waals surface area (Å²) in [5, 5.41) is 8.77. The molecule has 1 aliphatic heterocycles. The van der Waals surface area contributed by atoms with Gasteiger partial charge < -0.3 is 5.11 Å². The van der Waals surface area contributed by atoms with Gasteiger partial charge in [0.05, 0.1) is 11.7 Å². The fraction of sp³-hybridized carbons (Fsp3) is 0.875. The van der Waals surface area contributed by atoms with Gasteiger partial charge in [-0.05, 0) is 19.8 Å². The minimum Gasteiger partial charge on any atom is -0.481 e. The maximum absolute atomic E-state index is 11.5. The molecule has 1 N–H and O–H groups in total. The van der Waals surface area contributed by atoms with Crippen LogP contribution in [0.15, 0.2) is 0 Å². The second-order valence-corrected chi connectivity index (χ2v) is 5.69. The van der Waals surface area contributed by atoms with Crippen molar-refractivity contribution in [3.05, 3.63) is 0 Å². The third kappa shape index (κ3) is 2.45. The lowest BCUT2D eigenvalue weighted by molar-refractivity contribution is -0.142. The molecule has 0 bridgehead atoms. The molecule has 0 aromatic rings. The molecular formula is C8H15NO4S. The number of hydrogen-bond acceptors (Lipinski definition) is 3. The van der Waals surface area contributed by atoms with Gasteiger partial charge in [0.25, 0.3) is 0 Å². The number of piperidine rings is 1. The molecule has 0 radical (unpaired) electrons. The monoisotopic (exact) mass is 221 g/mol. The van der Waals surface area contributed by atoms with E-state index in [1.807, 2.05) is 0 Å². The maximum Gasteiger partial charge on any atom is 0.307 e. The first-order chi connectivity index (χ1) is 6.47. The van der Waals surface area contributed by atoms with Crippen molar-refractivity contribution < 1.29 is 18.3 Å². The lowest BCUT2D eigenvalue weighted by Gasteiger charge is -2.29. The quantitative estimate of drug-likeness (QED) is 0.735. The summed E-state index contributed by atoms with van der Waals surface area (Å²) in [5.74, 6) is -1.40. The van der Waals surface area contributed by atoms with Crippen molar-refractivity contribution >= 4 is 16.0 Å². The Hall–Kier alpha value is -0.620. The van der Waals surface area contributed by atoms with Gasteiger partial charge in [-0.2, -0.15) is 0 Å². The maximum atomic E-state index is 11.5. The summed E-state index contributed by atoms with van der Waals surface area (Å²) in [6.07, 6.45) is 1.21. The molecule has 6 heteroatoms. The van der Waals surface area contributed by atoms with Crippen LogP contribution in [0.25, 0.3) is 0 Å². The summed E-state index contributed by atoms with van der Waals surface area (Å²) < 4.78 is 24.2. The second kappa shape index (κ2) is 4.27. The fourth-order valence-corrected chi connectivity index (χ4v) is 2.76. The van der Waals surface area contributed by atoms with Gasteiger partial charge in [0.2, 0.25) is 10.0 Å². The summed E-state index contributed by atoms with van der Waals surface area (Å²) in [6, 6.07) is 0. The Morgan fingerprint density at radius 2 is 2.21 bits per heavy atom. The summed E-state index contributed by atoms with van der Waals surface area (Å²) >= 11 is 0. The van der Waals surface area contributed by atoms with Crippen molar-refractivity contribution in [2.24, 2.45) is 5.92 Å². The Bertz CT molecular complexity index is 311. The van der Waals surface area contributed by atoms with Crippen molar-refractivity contribution in [3.63, 3.8) is 0 Å². The van der Waals surface area contributed by atoms with E-state index in [1.165, 1.54) is 4.31 Å². The van der Waals surface area contributed by atoms with E-state index in [9.17, 15) is 13.2 Å². The Morgan fingerprint density at radius 1 is 1.57 bits per heavy atom. The molecule has 82 valence electrons. The highest BCUT2D eigenvalue weighted by Crippen LogP contribution is 2.19. The lowest BCUT2D eigenvalue weighted by atomic mass is 10.0. The van der Waals surface area contributed by atoms with Gasteiger partial charge >= 0.3 is 5.97 Å². The van der Waals surface area contributed by atoms with E-state index in [-0.39, 0.29) is 12.3 Å². The predicted octanol–water partition coefficient (Wildman–Crippen LogP) is 0.133. The molecule has 1 saturated heterocycles. The number of sulfonamides is 1. The van der Waals surface area contributed by atoms with E-state index in [0.717, 1.165) is 0 Å². The molecular weight excluding hydrogens is 206 g/mol. The molecule has 0 aliphatic carbocycles. The van der Waals surface area contributed by atoms with E-state index < -0.39 is 21.9 Å². The number of rotatable bonds is 3. The van der Waals surface area contributed by atoms with Crippen LogP contribution in [-0.2, 0) is 14.8 Å². The van der Waals surface area contributed by atoms with Crippen molar-refractivity contribution in [1.29, 1.82) is 0 Å². The Labute approximate surface area is 83.8 Å². The molecule has 0 spiro atoms. The van der Waals surface area contributed by atoms with Crippen molar-refractivity contribution in [1.82, 2.24) is 4.31 Å². The van der Waals surface area contributed by atoms with Crippen LogP contribution in [0, 0.1) is 5.92 Å². The van der Waals surface area contributed by atoms with Gasteiger partial charge in [-0.25, -0.2) is 12.7 Å². The van der Waals surface area contributed by atoms with Crippen LogP contribution in [0.3, 0.4) is 0 Å². The molecule has 0 aromatic carbocycles. The highest BCUT2D eigenvalue weighted by Gasteiger charge is 2.30. The zero-order valence-corrected chi connectivity index (χ0v) is 8.96. The third-order valence-corrected chi connectivity index (χ3v) is 4.34. The fourth-order valence-electron chi connectivity index (χ4n) is 1.58. The standard InChI is InChI=1S/C8H15NO4S/c1-2-14(12,13)9-5-3-4-7(6-9)8(10)11/h7H,2-6H2,1H3,(H,10,11)/t7-/m0/s1. The smallest absolute Gasteiger partial charge is 0.307 e. The zero-order valence-electron chi connectivity index (χ0n) is 8.14. The Morgan fingerprint density at radius 3 is 2.71 bits per heavy atom. The minimum absolute atomic E-state index is 0.0410. The second-order valence-electron chi connectivity index (χ2n) is 3.44. The number of hydrogen-bond donors (Lipinski definition) is 1. The van der Waals surface area contributed by atoms with E-state index in [1.54, 1.807) is 6.92 Å². The molecule has 0 unspecified atom stereocenters. The van der Waals surface area contributed by atoms with Crippen LogP contribution >= 0.6 is 0 Å². The molecule has 0 saturated carbocycles. The molecule has 0 amide bonds. The number of carboxylic acids is 1. The van der Waals surface area contributed by atoms with Gasteiger partial charge in [-0.15, -0.1) is 0 Å². The minimum atomic E-state index is -3.22. The van der Waals surface area contributed by atoms with Crippen LogP contribution in [0.2, 0.25) is 0 Å². The lowest BCUT2D eigenvalue weighted by Crippen LogP contribution is -2.42. The summed E-state index contributed by atoms with van der Waals surface area (Å²) in [6.45, 7) is 2.16. The first-order valence-corrected chi connectivity index (χ1v) is 6.29. The Balaban J connectivity index is 2.70. The molecule has 1 fully saturated rings. The van der Waals surface area contributed by atoms with E-state index in [4.69, 9.17) is 5.11 Å². The topological polar surface area (TPSA) is 74.7 Å². The van der Waals surface area contributed by atoms with Gasteiger partial charge in [0.15, 0.2) is 0 Å². The van der Waals surface area contributed by atoms with Gasteiger partial charge in [-0.1, -0.05) is 0 Å². The highest BCUT2D eigenvalue weighted by molar-refractivity contribution is 7.89. The van der Waals surface area contributed by atoms with Crippen molar-refractivity contribution in [2.75, 3.05) is 18.8 Å². The van der Waals surface area contributed by atoms with E-state index in [2.05, 4.69) is 0 Å². The van der Waals surface area contributed by atoms with Gasteiger partial charge in [-0.3, -0.25) is 4.79 Å². The van der Waals surface area contributed by atoms with E-state index >= 15 is 0 Å². The number of nitrogens with zero attached hydrogens (tertiary/aromatic N) is 1. The molecule has 0 aromatic heterocycles. The third-order valence-electron chi connectivity index (χ3n) is 2.49. The molecule has 1 aliphatic rings.